The second-order valence-electron chi connectivity index (χ2n) is 3.87. The van der Waals surface area contributed by atoms with Crippen LogP contribution in [0.4, 0.5) is 0 Å². The molecule has 1 aromatic rings. The Morgan fingerprint density at radius 2 is 2.14 bits per heavy atom. The number of thiophene rings is 1. The summed E-state index contributed by atoms with van der Waals surface area (Å²) in [5, 5.41) is 0. The molecule has 2 rings (SSSR count). The third-order valence-electron chi connectivity index (χ3n) is 2.70. The van der Waals surface area contributed by atoms with Crippen LogP contribution in [0.5, 0.6) is 0 Å². The molecule has 1 aliphatic carbocycles. The van der Waals surface area contributed by atoms with E-state index in [0.29, 0.717) is 0 Å². The average molecular weight is 291 g/mol. The second kappa shape index (κ2) is 5.57. The lowest BCUT2D eigenvalue weighted by Gasteiger charge is -2.06. The van der Waals surface area contributed by atoms with E-state index in [1.54, 1.807) is 0 Å². The fourth-order valence-electron chi connectivity index (χ4n) is 1.93. The lowest BCUT2D eigenvalue weighted by molar-refractivity contribution is 0.623. The van der Waals surface area contributed by atoms with Crippen LogP contribution >= 0.6 is 39.0 Å². The summed E-state index contributed by atoms with van der Waals surface area (Å²) in [6.07, 6.45) is 5.88. The first-order valence-corrected chi connectivity index (χ1v) is 7.93. The van der Waals surface area contributed by atoms with Gasteiger partial charge in [0.05, 0.1) is 3.79 Å². The SMILES string of the molecule is Brc1ccc(CSCC2CCCC2)s1. The van der Waals surface area contributed by atoms with E-state index in [1.807, 2.05) is 11.3 Å². The smallest absolute Gasteiger partial charge is 0.0701 e. The lowest BCUT2D eigenvalue weighted by atomic mass is 10.1. The maximum Gasteiger partial charge on any atom is 0.0701 e. The molecule has 1 heterocycles. The largest absolute Gasteiger partial charge is 0.156 e. The van der Waals surface area contributed by atoms with Gasteiger partial charge in [0, 0.05) is 10.6 Å². The summed E-state index contributed by atoms with van der Waals surface area (Å²) in [7, 11) is 0. The van der Waals surface area contributed by atoms with Crippen LogP contribution in [0.25, 0.3) is 0 Å². The summed E-state index contributed by atoms with van der Waals surface area (Å²) >= 11 is 7.47. The summed E-state index contributed by atoms with van der Waals surface area (Å²) in [5.74, 6) is 3.59. The summed E-state index contributed by atoms with van der Waals surface area (Å²) in [5.41, 5.74) is 0. The molecule has 78 valence electrons. The molecular formula is C11H15BrS2. The number of halogens is 1. The van der Waals surface area contributed by atoms with Gasteiger partial charge in [-0.15, -0.1) is 11.3 Å². The molecular weight excluding hydrogens is 276 g/mol. The van der Waals surface area contributed by atoms with Crippen molar-refractivity contribution >= 4 is 39.0 Å². The van der Waals surface area contributed by atoms with Crippen molar-refractivity contribution in [3.05, 3.63) is 20.8 Å². The Hall–Kier alpha value is 0.530. The highest BCUT2D eigenvalue weighted by atomic mass is 79.9. The molecule has 0 aliphatic heterocycles. The van der Waals surface area contributed by atoms with Gasteiger partial charge in [0.25, 0.3) is 0 Å². The third kappa shape index (κ3) is 3.28. The van der Waals surface area contributed by atoms with Gasteiger partial charge in [0.2, 0.25) is 0 Å². The van der Waals surface area contributed by atoms with Crippen LogP contribution in [0.2, 0.25) is 0 Å². The fraction of sp³-hybridized carbons (Fsp3) is 0.636. The van der Waals surface area contributed by atoms with Crippen molar-refractivity contribution in [2.45, 2.75) is 31.4 Å². The van der Waals surface area contributed by atoms with Crippen LogP contribution in [0.15, 0.2) is 15.9 Å². The molecule has 0 nitrogen and oxygen atoms in total. The summed E-state index contributed by atoms with van der Waals surface area (Å²) < 4.78 is 1.26. The van der Waals surface area contributed by atoms with Crippen molar-refractivity contribution in [2.75, 3.05) is 5.75 Å². The van der Waals surface area contributed by atoms with Crippen LogP contribution in [-0.2, 0) is 5.75 Å². The first-order chi connectivity index (χ1) is 6.84. The first-order valence-electron chi connectivity index (χ1n) is 5.16. The van der Waals surface area contributed by atoms with Crippen molar-refractivity contribution < 1.29 is 0 Å². The zero-order valence-electron chi connectivity index (χ0n) is 8.17. The predicted octanol–water partition coefficient (Wildman–Crippen LogP) is 4.93. The predicted molar refractivity (Wildman–Crippen MR) is 70.1 cm³/mol. The Balaban J connectivity index is 1.67. The topological polar surface area (TPSA) is 0 Å². The molecule has 14 heavy (non-hydrogen) atoms. The van der Waals surface area contributed by atoms with E-state index in [-0.39, 0.29) is 0 Å². The average Bonchev–Trinajstić information content (AvgIpc) is 2.77. The Labute approximate surface area is 103 Å². The minimum absolute atomic E-state index is 1.02. The molecule has 0 radical (unpaired) electrons. The van der Waals surface area contributed by atoms with E-state index in [1.165, 1.54) is 45.9 Å². The molecule has 0 N–H and O–H groups in total. The van der Waals surface area contributed by atoms with Gasteiger partial charge in [-0.2, -0.15) is 11.8 Å². The van der Waals surface area contributed by atoms with E-state index in [0.717, 1.165) is 5.92 Å². The molecule has 0 unspecified atom stereocenters. The molecule has 1 saturated carbocycles. The Morgan fingerprint density at radius 1 is 1.36 bits per heavy atom. The van der Waals surface area contributed by atoms with E-state index in [4.69, 9.17) is 0 Å². The van der Waals surface area contributed by atoms with Gasteiger partial charge in [-0.3, -0.25) is 0 Å². The number of thioether (sulfide) groups is 1. The van der Waals surface area contributed by atoms with Gasteiger partial charge in [-0.05, 0) is 52.6 Å². The molecule has 0 amide bonds. The molecule has 0 aromatic carbocycles. The highest BCUT2D eigenvalue weighted by Crippen LogP contribution is 2.31. The number of hydrogen-bond acceptors (Lipinski definition) is 2. The maximum atomic E-state index is 3.50. The van der Waals surface area contributed by atoms with Gasteiger partial charge in [-0.1, -0.05) is 12.8 Å². The van der Waals surface area contributed by atoms with Crippen molar-refractivity contribution in [3.63, 3.8) is 0 Å². The molecule has 0 saturated heterocycles. The molecule has 1 aromatic heterocycles. The summed E-state index contributed by atoms with van der Waals surface area (Å²) in [4.78, 5) is 1.50. The molecule has 0 spiro atoms. The lowest BCUT2D eigenvalue weighted by Crippen LogP contribution is -1.96. The van der Waals surface area contributed by atoms with Crippen LogP contribution in [-0.4, -0.2) is 5.75 Å². The van der Waals surface area contributed by atoms with Gasteiger partial charge >= 0.3 is 0 Å². The fourth-order valence-corrected chi connectivity index (χ4v) is 4.78. The Kier molecular flexibility index (Phi) is 4.39. The first kappa shape index (κ1) is 11.0. The van der Waals surface area contributed by atoms with Crippen LogP contribution < -0.4 is 0 Å². The van der Waals surface area contributed by atoms with Crippen molar-refractivity contribution in [1.82, 2.24) is 0 Å². The van der Waals surface area contributed by atoms with E-state index in [2.05, 4.69) is 39.8 Å². The number of rotatable bonds is 4. The highest BCUT2D eigenvalue weighted by Gasteiger charge is 2.14. The van der Waals surface area contributed by atoms with Gasteiger partial charge in [-0.25, -0.2) is 0 Å². The third-order valence-corrected chi connectivity index (χ3v) is 5.73. The Bertz CT molecular complexity index is 277. The highest BCUT2D eigenvalue weighted by molar-refractivity contribution is 9.11. The minimum atomic E-state index is 1.02. The summed E-state index contributed by atoms with van der Waals surface area (Å²) in [6, 6.07) is 4.38. The molecule has 0 bridgehead atoms. The zero-order valence-corrected chi connectivity index (χ0v) is 11.4. The molecule has 1 aliphatic rings. The van der Waals surface area contributed by atoms with Crippen molar-refractivity contribution in [2.24, 2.45) is 5.92 Å². The second-order valence-corrected chi connectivity index (χ2v) is 7.45. The quantitative estimate of drug-likeness (QED) is 0.757. The van der Waals surface area contributed by atoms with Gasteiger partial charge in [0.15, 0.2) is 0 Å². The standard InChI is InChI=1S/C11H15BrS2/c12-11-6-5-10(14-11)8-13-7-9-3-1-2-4-9/h5-6,9H,1-4,7-8H2. The number of hydrogen-bond donors (Lipinski definition) is 0. The normalized spacial score (nSPS) is 17.8. The maximum absolute atomic E-state index is 3.50. The van der Waals surface area contributed by atoms with Crippen LogP contribution in [0.1, 0.15) is 30.6 Å². The monoisotopic (exact) mass is 290 g/mol. The van der Waals surface area contributed by atoms with Crippen LogP contribution in [0.3, 0.4) is 0 Å². The van der Waals surface area contributed by atoms with E-state index in [9.17, 15) is 0 Å². The van der Waals surface area contributed by atoms with Crippen molar-refractivity contribution in [3.8, 4) is 0 Å². The summed E-state index contributed by atoms with van der Waals surface area (Å²) in [6.45, 7) is 0. The van der Waals surface area contributed by atoms with Crippen LogP contribution in [0, 0.1) is 5.92 Å². The van der Waals surface area contributed by atoms with E-state index >= 15 is 0 Å². The Morgan fingerprint density at radius 3 is 2.79 bits per heavy atom. The molecule has 0 atom stereocenters. The van der Waals surface area contributed by atoms with Gasteiger partial charge in [0.1, 0.15) is 0 Å². The zero-order chi connectivity index (χ0) is 9.80. The minimum Gasteiger partial charge on any atom is -0.156 e. The van der Waals surface area contributed by atoms with Crippen molar-refractivity contribution in [1.29, 1.82) is 0 Å². The van der Waals surface area contributed by atoms with E-state index < -0.39 is 0 Å². The molecule has 3 heteroatoms. The van der Waals surface area contributed by atoms with Gasteiger partial charge < -0.3 is 0 Å². The molecule has 1 fully saturated rings.